The molecule has 0 aliphatic heterocycles. The van der Waals surface area contributed by atoms with E-state index < -0.39 is 0 Å². The second kappa shape index (κ2) is 6.01. The van der Waals surface area contributed by atoms with Crippen molar-refractivity contribution in [3.8, 4) is 0 Å². The second-order valence-corrected chi connectivity index (χ2v) is 4.32. The molecule has 4 heteroatoms. The Morgan fingerprint density at radius 2 is 2.25 bits per heavy atom. The molecule has 0 atom stereocenters. The number of nitrogens with zero attached hydrogens (tertiary/aromatic N) is 1. The Morgan fingerprint density at radius 3 is 2.88 bits per heavy atom. The van der Waals surface area contributed by atoms with Gasteiger partial charge in [0.15, 0.2) is 5.76 Å². The van der Waals surface area contributed by atoms with Crippen LogP contribution in [0, 0.1) is 0 Å². The Kier molecular flexibility index (Phi) is 4.36. The Hall–Kier alpha value is -0.870. The van der Waals surface area contributed by atoms with E-state index in [9.17, 15) is 0 Å². The van der Waals surface area contributed by atoms with Crippen LogP contribution in [-0.2, 0) is 11.3 Å². The van der Waals surface area contributed by atoms with E-state index in [-0.39, 0.29) is 0 Å². The van der Waals surface area contributed by atoms with Gasteiger partial charge in [-0.2, -0.15) is 0 Å². The molecule has 1 aromatic rings. The van der Waals surface area contributed by atoms with Crippen LogP contribution in [0.3, 0.4) is 0 Å². The average Bonchev–Trinajstić information content (AvgIpc) is 2.82. The molecule has 16 heavy (non-hydrogen) atoms. The zero-order valence-electron chi connectivity index (χ0n) is 9.82. The molecule has 1 heterocycles. The molecule has 1 aliphatic carbocycles. The predicted octanol–water partition coefficient (Wildman–Crippen LogP) is 2.11. The SMILES string of the molecule is CCNC1CCC(OCc2ccno2)CC1. The van der Waals surface area contributed by atoms with E-state index in [0.717, 1.165) is 25.1 Å². The van der Waals surface area contributed by atoms with Gasteiger partial charge in [-0.25, -0.2) is 0 Å². The molecular formula is C12H20N2O2. The van der Waals surface area contributed by atoms with Gasteiger partial charge in [-0.15, -0.1) is 0 Å². The standard InChI is InChI=1S/C12H20N2O2/c1-2-13-10-3-5-11(6-4-10)15-9-12-7-8-14-16-12/h7-8,10-11,13H,2-6,9H2,1H3. The number of hydrogen-bond donors (Lipinski definition) is 1. The zero-order valence-corrected chi connectivity index (χ0v) is 9.82. The summed E-state index contributed by atoms with van der Waals surface area (Å²) in [6.07, 6.45) is 6.77. The van der Waals surface area contributed by atoms with E-state index >= 15 is 0 Å². The third kappa shape index (κ3) is 3.32. The number of nitrogens with one attached hydrogen (secondary N) is 1. The number of hydrogen-bond acceptors (Lipinski definition) is 4. The highest BCUT2D eigenvalue weighted by molar-refractivity contribution is 4.90. The summed E-state index contributed by atoms with van der Waals surface area (Å²) >= 11 is 0. The van der Waals surface area contributed by atoms with Crippen molar-refractivity contribution in [2.45, 2.75) is 51.4 Å². The first kappa shape index (κ1) is 11.6. The maximum Gasteiger partial charge on any atom is 0.162 e. The molecule has 0 unspecified atom stereocenters. The quantitative estimate of drug-likeness (QED) is 0.832. The molecule has 4 nitrogen and oxygen atoms in total. The third-order valence-electron chi connectivity index (χ3n) is 3.12. The molecule has 1 saturated carbocycles. The van der Waals surface area contributed by atoms with E-state index in [0.29, 0.717) is 18.8 Å². The fourth-order valence-corrected chi connectivity index (χ4v) is 2.24. The van der Waals surface area contributed by atoms with Gasteiger partial charge < -0.3 is 14.6 Å². The van der Waals surface area contributed by atoms with E-state index in [1.807, 2.05) is 6.07 Å². The van der Waals surface area contributed by atoms with E-state index in [1.165, 1.54) is 12.8 Å². The summed E-state index contributed by atoms with van der Waals surface area (Å²) in [5, 5.41) is 7.15. The molecule has 0 saturated heterocycles. The van der Waals surface area contributed by atoms with Crippen LogP contribution < -0.4 is 5.32 Å². The maximum absolute atomic E-state index is 5.79. The first-order valence-electron chi connectivity index (χ1n) is 6.13. The van der Waals surface area contributed by atoms with Gasteiger partial charge in [0, 0.05) is 12.1 Å². The van der Waals surface area contributed by atoms with Gasteiger partial charge in [0.25, 0.3) is 0 Å². The minimum atomic E-state index is 0.389. The van der Waals surface area contributed by atoms with Gasteiger partial charge in [0.2, 0.25) is 0 Å². The van der Waals surface area contributed by atoms with Crippen LogP contribution in [-0.4, -0.2) is 23.8 Å². The molecule has 0 amide bonds. The average molecular weight is 224 g/mol. The Bertz CT molecular complexity index is 279. The lowest BCUT2D eigenvalue weighted by Gasteiger charge is -2.28. The largest absolute Gasteiger partial charge is 0.370 e. The lowest BCUT2D eigenvalue weighted by molar-refractivity contribution is 0.00184. The van der Waals surface area contributed by atoms with Crippen LogP contribution in [0.2, 0.25) is 0 Å². The molecule has 1 aromatic heterocycles. The van der Waals surface area contributed by atoms with Crippen LogP contribution in [0.25, 0.3) is 0 Å². The van der Waals surface area contributed by atoms with E-state index in [2.05, 4.69) is 17.4 Å². The first-order valence-corrected chi connectivity index (χ1v) is 6.13. The summed E-state index contributed by atoms with van der Waals surface area (Å²) in [5.74, 6) is 0.814. The monoisotopic (exact) mass is 224 g/mol. The van der Waals surface area contributed by atoms with Crippen molar-refractivity contribution in [2.24, 2.45) is 0 Å². The molecule has 1 fully saturated rings. The van der Waals surface area contributed by atoms with Gasteiger partial charge in [-0.3, -0.25) is 0 Å². The molecule has 0 aromatic carbocycles. The molecule has 1 aliphatic rings. The molecule has 90 valence electrons. The van der Waals surface area contributed by atoms with Gasteiger partial charge in [-0.05, 0) is 32.2 Å². The van der Waals surface area contributed by atoms with Gasteiger partial charge in [0.1, 0.15) is 6.61 Å². The smallest absolute Gasteiger partial charge is 0.162 e. The maximum atomic E-state index is 5.79. The van der Waals surface area contributed by atoms with Crippen LogP contribution in [0.1, 0.15) is 38.4 Å². The lowest BCUT2D eigenvalue weighted by atomic mass is 9.93. The fraction of sp³-hybridized carbons (Fsp3) is 0.750. The normalized spacial score (nSPS) is 25.8. The van der Waals surface area contributed by atoms with Crippen molar-refractivity contribution >= 4 is 0 Å². The van der Waals surface area contributed by atoms with E-state index in [1.54, 1.807) is 6.20 Å². The summed E-state index contributed by atoms with van der Waals surface area (Å²) < 4.78 is 10.8. The van der Waals surface area contributed by atoms with Crippen molar-refractivity contribution < 1.29 is 9.26 Å². The van der Waals surface area contributed by atoms with Crippen LogP contribution in [0.5, 0.6) is 0 Å². The fourth-order valence-electron chi connectivity index (χ4n) is 2.24. The van der Waals surface area contributed by atoms with Crippen LogP contribution >= 0.6 is 0 Å². The molecule has 0 bridgehead atoms. The van der Waals surface area contributed by atoms with Crippen molar-refractivity contribution in [1.29, 1.82) is 0 Å². The zero-order chi connectivity index (χ0) is 11.2. The van der Waals surface area contributed by atoms with Crippen molar-refractivity contribution in [1.82, 2.24) is 10.5 Å². The molecule has 0 radical (unpaired) electrons. The highest BCUT2D eigenvalue weighted by Gasteiger charge is 2.20. The van der Waals surface area contributed by atoms with Crippen LogP contribution in [0.15, 0.2) is 16.8 Å². The Labute approximate surface area is 96.3 Å². The van der Waals surface area contributed by atoms with E-state index in [4.69, 9.17) is 9.26 Å². The first-order chi connectivity index (χ1) is 7.88. The molecule has 0 spiro atoms. The number of rotatable bonds is 5. The Morgan fingerprint density at radius 1 is 1.44 bits per heavy atom. The summed E-state index contributed by atoms with van der Waals surface area (Å²) in [5.41, 5.74) is 0. The summed E-state index contributed by atoms with van der Waals surface area (Å²) in [6, 6.07) is 2.54. The summed E-state index contributed by atoms with van der Waals surface area (Å²) in [4.78, 5) is 0. The summed E-state index contributed by atoms with van der Waals surface area (Å²) in [7, 11) is 0. The number of aromatic nitrogens is 1. The highest BCUT2D eigenvalue weighted by atomic mass is 16.5. The molecule has 2 rings (SSSR count). The third-order valence-corrected chi connectivity index (χ3v) is 3.12. The minimum Gasteiger partial charge on any atom is -0.370 e. The topological polar surface area (TPSA) is 47.3 Å². The van der Waals surface area contributed by atoms with Crippen LogP contribution in [0.4, 0.5) is 0 Å². The van der Waals surface area contributed by atoms with Gasteiger partial charge >= 0.3 is 0 Å². The summed E-state index contributed by atoms with van der Waals surface area (Å²) in [6.45, 7) is 3.78. The van der Waals surface area contributed by atoms with Crippen molar-refractivity contribution in [2.75, 3.05) is 6.54 Å². The van der Waals surface area contributed by atoms with Gasteiger partial charge in [0.05, 0.1) is 12.3 Å². The second-order valence-electron chi connectivity index (χ2n) is 4.32. The van der Waals surface area contributed by atoms with Gasteiger partial charge in [-0.1, -0.05) is 12.1 Å². The minimum absolute atomic E-state index is 0.389. The number of ether oxygens (including phenoxy) is 1. The molecular weight excluding hydrogens is 204 g/mol. The van der Waals surface area contributed by atoms with Crippen molar-refractivity contribution in [3.05, 3.63) is 18.0 Å². The lowest BCUT2D eigenvalue weighted by Crippen LogP contribution is -2.35. The highest BCUT2D eigenvalue weighted by Crippen LogP contribution is 2.22. The Balaban J connectivity index is 1.65. The molecule has 1 N–H and O–H groups in total. The predicted molar refractivity (Wildman–Crippen MR) is 61.0 cm³/mol. The van der Waals surface area contributed by atoms with Crippen molar-refractivity contribution in [3.63, 3.8) is 0 Å².